The lowest BCUT2D eigenvalue weighted by molar-refractivity contribution is 0.212. The largest absolute Gasteiger partial charge is 0.381 e. The van der Waals surface area contributed by atoms with Crippen LogP contribution >= 0.6 is 38.9 Å². The molecule has 1 N–H and O–H groups in total. The molecule has 2 rings (SSSR count). The average Bonchev–Trinajstić information content (AvgIpc) is 2.83. The van der Waals surface area contributed by atoms with Crippen molar-refractivity contribution in [2.75, 3.05) is 0 Å². The van der Waals surface area contributed by atoms with Crippen LogP contribution in [0.1, 0.15) is 23.6 Å². The summed E-state index contributed by atoms with van der Waals surface area (Å²) in [6.45, 7) is 2.65. The second kappa shape index (κ2) is 4.87. The van der Waals surface area contributed by atoms with Gasteiger partial charge >= 0.3 is 0 Å². The first kappa shape index (κ1) is 12.1. The molecule has 2 aromatic heterocycles. The molecule has 0 amide bonds. The summed E-state index contributed by atoms with van der Waals surface area (Å²) in [5.74, 6) is 0. The molecule has 3 nitrogen and oxygen atoms in total. The summed E-state index contributed by atoms with van der Waals surface area (Å²) in [6.07, 6.45) is 0.845. The molecule has 6 heteroatoms. The highest BCUT2D eigenvalue weighted by Crippen LogP contribution is 2.33. The van der Waals surface area contributed by atoms with Crippen LogP contribution in [0, 0.1) is 0 Å². The highest BCUT2D eigenvalue weighted by Gasteiger charge is 2.20. The Balaban J connectivity index is 2.40. The van der Waals surface area contributed by atoms with Gasteiger partial charge in [-0.2, -0.15) is 5.10 Å². The molecular weight excluding hydrogens is 312 g/mol. The quantitative estimate of drug-likeness (QED) is 0.940. The molecule has 0 aromatic carbocycles. The van der Waals surface area contributed by atoms with Crippen LogP contribution in [-0.4, -0.2) is 14.9 Å². The van der Waals surface area contributed by atoms with Crippen molar-refractivity contribution in [3.63, 3.8) is 0 Å². The number of hydrogen-bond donors (Lipinski definition) is 1. The number of rotatable bonds is 3. The van der Waals surface area contributed by atoms with Crippen molar-refractivity contribution in [2.45, 2.75) is 19.6 Å². The maximum absolute atomic E-state index is 10.2. The van der Waals surface area contributed by atoms with Gasteiger partial charge in [-0.3, -0.25) is 4.68 Å². The number of aromatic nitrogens is 2. The van der Waals surface area contributed by atoms with Crippen molar-refractivity contribution in [1.82, 2.24) is 9.78 Å². The third kappa shape index (κ3) is 2.18. The molecule has 2 heterocycles. The maximum Gasteiger partial charge on any atom is 0.131 e. The van der Waals surface area contributed by atoms with Crippen molar-refractivity contribution < 1.29 is 5.11 Å². The van der Waals surface area contributed by atoms with E-state index < -0.39 is 6.10 Å². The molecule has 0 saturated carbocycles. The first-order valence-electron chi connectivity index (χ1n) is 4.76. The predicted molar refractivity (Wildman–Crippen MR) is 69.0 cm³/mol. The zero-order chi connectivity index (χ0) is 11.7. The van der Waals surface area contributed by atoms with Gasteiger partial charge < -0.3 is 5.11 Å². The lowest BCUT2D eigenvalue weighted by atomic mass is 10.2. The first-order chi connectivity index (χ1) is 7.63. The smallest absolute Gasteiger partial charge is 0.131 e. The second-order valence-electron chi connectivity index (χ2n) is 3.26. The van der Waals surface area contributed by atoms with Gasteiger partial charge in [-0.1, -0.05) is 11.6 Å². The Morgan fingerprint density at radius 3 is 3.00 bits per heavy atom. The van der Waals surface area contributed by atoms with Gasteiger partial charge in [0.1, 0.15) is 6.10 Å². The average molecular weight is 322 g/mol. The van der Waals surface area contributed by atoms with Crippen molar-refractivity contribution >= 4 is 38.9 Å². The van der Waals surface area contributed by atoms with Crippen LogP contribution in [0.2, 0.25) is 5.02 Å². The molecule has 0 aliphatic rings. The predicted octanol–water partition coefficient (Wildman–Crippen LogP) is 3.46. The minimum Gasteiger partial charge on any atom is -0.381 e. The zero-order valence-corrected chi connectivity index (χ0v) is 11.7. The van der Waals surface area contributed by atoms with Crippen molar-refractivity contribution in [2.24, 2.45) is 0 Å². The highest BCUT2D eigenvalue weighted by atomic mass is 79.9. The van der Waals surface area contributed by atoms with Crippen LogP contribution < -0.4 is 0 Å². The van der Waals surface area contributed by atoms with Gasteiger partial charge in [0, 0.05) is 21.3 Å². The summed E-state index contributed by atoms with van der Waals surface area (Å²) < 4.78 is 2.67. The fourth-order valence-corrected chi connectivity index (χ4v) is 3.18. The normalized spacial score (nSPS) is 13.0. The number of halogens is 2. The minimum atomic E-state index is -0.716. The van der Waals surface area contributed by atoms with Crippen LogP contribution in [0.4, 0.5) is 0 Å². The second-order valence-corrected chi connectivity index (χ2v) is 5.53. The number of aryl methyl sites for hydroxylation is 1. The van der Waals surface area contributed by atoms with Crippen LogP contribution in [0.15, 0.2) is 22.1 Å². The van der Waals surface area contributed by atoms with E-state index in [1.807, 2.05) is 18.4 Å². The van der Waals surface area contributed by atoms with Gasteiger partial charge in [-0.05, 0) is 28.9 Å². The molecule has 1 atom stereocenters. The van der Waals surface area contributed by atoms with Crippen LogP contribution in [0.25, 0.3) is 0 Å². The summed E-state index contributed by atoms with van der Waals surface area (Å²) in [5.41, 5.74) is 0.651. The number of hydrogen-bond acceptors (Lipinski definition) is 3. The van der Waals surface area contributed by atoms with E-state index in [9.17, 15) is 5.11 Å². The van der Waals surface area contributed by atoms with E-state index in [0.29, 0.717) is 17.3 Å². The molecular formula is C10H10BrClN2OS. The Kier molecular flexibility index (Phi) is 3.69. The molecule has 0 radical (unpaired) electrons. The Bertz CT molecular complexity index is 497. The van der Waals surface area contributed by atoms with Gasteiger partial charge in [0.15, 0.2) is 0 Å². The van der Waals surface area contributed by atoms with Gasteiger partial charge in [0.05, 0.1) is 16.9 Å². The molecule has 0 saturated heterocycles. The van der Waals surface area contributed by atoms with E-state index in [-0.39, 0.29) is 0 Å². The van der Waals surface area contributed by atoms with E-state index in [2.05, 4.69) is 21.0 Å². The zero-order valence-electron chi connectivity index (χ0n) is 8.52. The van der Waals surface area contributed by atoms with E-state index in [1.54, 1.807) is 10.9 Å². The highest BCUT2D eigenvalue weighted by molar-refractivity contribution is 9.10. The number of thiophene rings is 1. The summed E-state index contributed by atoms with van der Waals surface area (Å²) in [7, 11) is 0. The van der Waals surface area contributed by atoms with Crippen molar-refractivity contribution in [1.29, 1.82) is 0 Å². The van der Waals surface area contributed by atoms with Gasteiger partial charge in [-0.15, -0.1) is 11.3 Å². The van der Waals surface area contributed by atoms with Gasteiger partial charge in [0.2, 0.25) is 0 Å². The maximum atomic E-state index is 10.2. The molecule has 16 heavy (non-hydrogen) atoms. The summed E-state index contributed by atoms with van der Waals surface area (Å²) in [6, 6.07) is 1.89. The number of nitrogens with zero attached hydrogens (tertiary/aromatic N) is 2. The molecule has 0 fully saturated rings. The molecule has 2 aromatic rings. The summed E-state index contributed by atoms with van der Waals surface area (Å²) in [4.78, 5) is 0.851. The molecule has 0 aliphatic carbocycles. The monoisotopic (exact) mass is 320 g/mol. The Hall–Kier alpha value is -0.360. The Morgan fingerprint density at radius 2 is 2.44 bits per heavy atom. The molecule has 0 aliphatic heterocycles. The van der Waals surface area contributed by atoms with E-state index in [4.69, 9.17) is 11.6 Å². The van der Waals surface area contributed by atoms with Gasteiger partial charge in [-0.25, -0.2) is 0 Å². The fourth-order valence-electron chi connectivity index (χ4n) is 1.50. The first-order valence-corrected chi connectivity index (χ1v) is 6.81. The lowest BCUT2D eigenvalue weighted by Crippen LogP contribution is -2.08. The standard InChI is InChI=1S/C10H10BrClN2OS/c1-2-14-9(7(12)4-13-14)10(15)8-3-6(11)5-16-8/h3-5,10,15H,2H2,1H3. The molecule has 1 unspecified atom stereocenters. The van der Waals surface area contributed by atoms with Crippen LogP contribution in [0.3, 0.4) is 0 Å². The van der Waals surface area contributed by atoms with Crippen LogP contribution in [0.5, 0.6) is 0 Å². The number of aliphatic hydroxyl groups excluding tert-OH is 1. The minimum absolute atomic E-state index is 0.499. The molecule has 0 spiro atoms. The lowest BCUT2D eigenvalue weighted by Gasteiger charge is -2.11. The van der Waals surface area contributed by atoms with E-state index in [0.717, 1.165) is 9.35 Å². The van der Waals surface area contributed by atoms with Crippen molar-refractivity contribution in [3.05, 3.63) is 37.7 Å². The van der Waals surface area contributed by atoms with Crippen LogP contribution in [-0.2, 0) is 6.54 Å². The summed E-state index contributed by atoms with van der Waals surface area (Å²) >= 11 is 10.9. The molecule has 0 bridgehead atoms. The number of aliphatic hydroxyl groups is 1. The Morgan fingerprint density at radius 1 is 1.69 bits per heavy atom. The van der Waals surface area contributed by atoms with E-state index in [1.165, 1.54) is 11.3 Å². The summed E-state index contributed by atoms with van der Waals surface area (Å²) in [5, 5.41) is 16.8. The SMILES string of the molecule is CCn1ncc(Cl)c1C(O)c1cc(Br)cs1. The Labute approximate surface area is 111 Å². The third-order valence-corrected chi connectivity index (χ3v) is 4.29. The van der Waals surface area contributed by atoms with Crippen molar-refractivity contribution in [3.8, 4) is 0 Å². The fraction of sp³-hybridized carbons (Fsp3) is 0.300. The van der Waals surface area contributed by atoms with Gasteiger partial charge in [0.25, 0.3) is 0 Å². The van der Waals surface area contributed by atoms with E-state index >= 15 is 0 Å². The third-order valence-electron chi connectivity index (χ3n) is 2.25. The topological polar surface area (TPSA) is 38.0 Å². The molecule has 86 valence electrons.